The Morgan fingerprint density at radius 3 is 2.35 bits per heavy atom. The van der Waals surface area contributed by atoms with Gasteiger partial charge in [0.15, 0.2) is 0 Å². The molecule has 0 saturated carbocycles. The van der Waals surface area contributed by atoms with Gasteiger partial charge in [-0.25, -0.2) is 0 Å². The van der Waals surface area contributed by atoms with Crippen LogP contribution >= 0.6 is 11.8 Å². The van der Waals surface area contributed by atoms with Crippen LogP contribution < -0.4 is 5.32 Å². The van der Waals surface area contributed by atoms with Crippen molar-refractivity contribution in [2.75, 3.05) is 12.4 Å². The molecular weight excluding hydrogens is 238 g/mol. The molecule has 1 aromatic carbocycles. The molecule has 4 nitrogen and oxygen atoms in total. The molecule has 1 rings (SSSR count). The van der Waals surface area contributed by atoms with Crippen molar-refractivity contribution in [3.05, 3.63) is 24.3 Å². The zero-order chi connectivity index (χ0) is 12.8. The second kappa shape index (κ2) is 6.30. The van der Waals surface area contributed by atoms with Gasteiger partial charge in [0.25, 0.3) is 0 Å². The minimum absolute atomic E-state index is 0.103. The molecule has 1 unspecified atom stereocenters. The highest BCUT2D eigenvalue weighted by atomic mass is 32.2. The standard InChI is InChI=1S/C12H15NO3S/c1-8(12(15)16-3)17-11-6-4-10(5-7-11)13-9(2)14/h4-8H,1-3H3,(H,13,14). The van der Waals surface area contributed by atoms with Crippen LogP contribution in [0.5, 0.6) is 0 Å². The van der Waals surface area contributed by atoms with Crippen molar-refractivity contribution in [1.29, 1.82) is 0 Å². The Morgan fingerprint density at radius 1 is 1.29 bits per heavy atom. The SMILES string of the molecule is COC(=O)C(C)Sc1ccc(NC(C)=O)cc1. The molecule has 5 heteroatoms. The molecule has 0 heterocycles. The predicted octanol–water partition coefficient (Wildman–Crippen LogP) is 2.30. The number of thioether (sulfide) groups is 1. The fraction of sp³-hybridized carbons (Fsp3) is 0.333. The summed E-state index contributed by atoms with van der Waals surface area (Å²) in [4.78, 5) is 23.0. The maximum absolute atomic E-state index is 11.2. The second-order valence-electron chi connectivity index (χ2n) is 3.49. The lowest BCUT2D eigenvalue weighted by molar-refractivity contribution is -0.139. The van der Waals surface area contributed by atoms with Gasteiger partial charge in [-0.2, -0.15) is 0 Å². The van der Waals surface area contributed by atoms with E-state index in [0.29, 0.717) is 0 Å². The van der Waals surface area contributed by atoms with E-state index in [1.165, 1.54) is 25.8 Å². The quantitative estimate of drug-likeness (QED) is 0.661. The molecule has 0 saturated heterocycles. The first-order chi connectivity index (χ1) is 8.02. The molecule has 1 N–H and O–H groups in total. The van der Waals surface area contributed by atoms with E-state index in [-0.39, 0.29) is 17.1 Å². The van der Waals surface area contributed by atoms with Gasteiger partial charge in [-0.15, -0.1) is 11.8 Å². The van der Waals surface area contributed by atoms with Crippen molar-refractivity contribution in [2.24, 2.45) is 0 Å². The molecule has 0 radical (unpaired) electrons. The van der Waals surface area contributed by atoms with E-state index >= 15 is 0 Å². The first-order valence-electron chi connectivity index (χ1n) is 5.15. The summed E-state index contributed by atoms with van der Waals surface area (Å²) >= 11 is 1.42. The minimum Gasteiger partial charge on any atom is -0.468 e. The van der Waals surface area contributed by atoms with Crippen LogP contribution in [-0.2, 0) is 14.3 Å². The topological polar surface area (TPSA) is 55.4 Å². The third kappa shape index (κ3) is 4.48. The van der Waals surface area contributed by atoms with Gasteiger partial charge in [-0.05, 0) is 31.2 Å². The number of amides is 1. The highest BCUT2D eigenvalue weighted by Gasteiger charge is 2.14. The van der Waals surface area contributed by atoms with E-state index in [2.05, 4.69) is 10.1 Å². The number of carbonyl (C=O) groups is 2. The van der Waals surface area contributed by atoms with Crippen molar-refractivity contribution in [2.45, 2.75) is 24.0 Å². The summed E-state index contributed by atoms with van der Waals surface area (Å²) in [5.74, 6) is -0.353. The Morgan fingerprint density at radius 2 is 1.88 bits per heavy atom. The molecule has 92 valence electrons. The Kier molecular flexibility index (Phi) is 5.03. The minimum atomic E-state index is -0.249. The maximum atomic E-state index is 11.2. The lowest BCUT2D eigenvalue weighted by Crippen LogP contribution is -2.14. The monoisotopic (exact) mass is 253 g/mol. The lowest BCUT2D eigenvalue weighted by Gasteiger charge is -2.09. The molecule has 0 bridgehead atoms. The molecule has 0 aromatic heterocycles. The number of hydrogen-bond donors (Lipinski definition) is 1. The predicted molar refractivity (Wildman–Crippen MR) is 68.1 cm³/mol. The number of methoxy groups -OCH3 is 1. The van der Waals surface area contributed by atoms with Crippen LogP contribution in [0.15, 0.2) is 29.2 Å². The van der Waals surface area contributed by atoms with Crippen LogP contribution in [0, 0.1) is 0 Å². The van der Waals surface area contributed by atoms with E-state index in [9.17, 15) is 9.59 Å². The van der Waals surface area contributed by atoms with Gasteiger partial charge in [0.05, 0.1) is 7.11 Å². The average Bonchev–Trinajstić information content (AvgIpc) is 2.30. The zero-order valence-electron chi connectivity index (χ0n) is 10.0. The van der Waals surface area contributed by atoms with Gasteiger partial charge in [-0.1, -0.05) is 0 Å². The number of hydrogen-bond acceptors (Lipinski definition) is 4. The second-order valence-corrected chi connectivity index (χ2v) is 4.90. The molecule has 0 aliphatic carbocycles. The zero-order valence-corrected chi connectivity index (χ0v) is 10.8. The van der Waals surface area contributed by atoms with Crippen LogP contribution in [0.1, 0.15) is 13.8 Å². The summed E-state index contributed by atoms with van der Waals surface area (Å²) in [5.41, 5.74) is 0.743. The van der Waals surface area contributed by atoms with Crippen molar-refractivity contribution in [1.82, 2.24) is 0 Å². The van der Waals surface area contributed by atoms with Crippen molar-refractivity contribution < 1.29 is 14.3 Å². The van der Waals surface area contributed by atoms with E-state index in [4.69, 9.17) is 0 Å². The third-order valence-electron chi connectivity index (χ3n) is 2.02. The average molecular weight is 253 g/mol. The van der Waals surface area contributed by atoms with Crippen LogP contribution in [0.25, 0.3) is 0 Å². The molecular formula is C12H15NO3S. The van der Waals surface area contributed by atoms with E-state index < -0.39 is 0 Å². The summed E-state index contributed by atoms with van der Waals surface area (Å²) in [6.45, 7) is 3.25. The Hall–Kier alpha value is -1.49. The number of anilines is 1. The van der Waals surface area contributed by atoms with Gasteiger partial charge in [0.1, 0.15) is 5.25 Å². The number of carbonyl (C=O) groups excluding carboxylic acids is 2. The first kappa shape index (κ1) is 13.6. The van der Waals surface area contributed by atoms with E-state index in [1.807, 2.05) is 12.1 Å². The van der Waals surface area contributed by atoms with Gasteiger partial charge in [0.2, 0.25) is 5.91 Å². The van der Waals surface area contributed by atoms with Gasteiger partial charge < -0.3 is 10.1 Å². The first-order valence-corrected chi connectivity index (χ1v) is 6.03. The van der Waals surface area contributed by atoms with Crippen LogP contribution in [0.2, 0.25) is 0 Å². The fourth-order valence-corrected chi connectivity index (χ4v) is 2.13. The molecule has 0 aliphatic rings. The van der Waals surface area contributed by atoms with Gasteiger partial charge in [-0.3, -0.25) is 9.59 Å². The number of esters is 1. The number of ether oxygens (including phenoxy) is 1. The Balaban J connectivity index is 2.62. The number of benzene rings is 1. The summed E-state index contributed by atoms with van der Waals surface area (Å²) in [7, 11) is 1.37. The maximum Gasteiger partial charge on any atom is 0.318 e. The molecule has 1 aromatic rings. The smallest absolute Gasteiger partial charge is 0.318 e. The van der Waals surface area contributed by atoms with Gasteiger partial charge >= 0.3 is 5.97 Å². The Bertz CT molecular complexity index is 403. The third-order valence-corrected chi connectivity index (χ3v) is 3.11. The summed E-state index contributed by atoms with van der Waals surface area (Å²) in [6.07, 6.45) is 0. The molecule has 0 aliphatic heterocycles. The van der Waals surface area contributed by atoms with Crippen LogP contribution in [0.3, 0.4) is 0 Å². The largest absolute Gasteiger partial charge is 0.468 e. The highest BCUT2D eigenvalue weighted by molar-refractivity contribution is 8.00. The molecule has 17 heavy (non-hydrogen) atoms. The Labute approximate surface area is 105 Å². The van der Waals surface area contributed by atoms with Crippen molar-refractivity contribution in [3.8, 4) is 0 Å². The normalized spacial score (nSPS) is 11.7. The highest BCUT2D eigenvalue weighted by Crippen LogP contribution is 2.25. The van der Waals surface area contributed by atoms with Crippen LogP contribution in [0.4, 0.5) is 5.69 Å². The molecule has 0 spiro atoms. The summed E-state index contributed by atoms with van der Waals surface area (Å²) in [6, 6.07) is 7.31. The van der Waals surface area contributed by atoms with E-state index in [1.54, 1.807) is 19.1 Å². The molecule has 1 atom stereocenters. The van der Waals surface area contributed by atoms with Crippen LogP contribution in [-0.4, -0.2) is 24.2 Å². The summed E-state index contributed by atoms with van der Waals surface area (Å²) in [5, 5.41) is 2.44. The number of rotatable bonds is 4. The summed E-state index contributed by atoms with van der Waals surface area (Å²) < 4.78 is 4.64. The van der Waals surface area contributed by atoms with Crippen molar-refractivity contribution in [3.63, 3.8) is 0 Å². The lowest BCUT2D eigenvalue weighted by atomic mass is 10.3. The number of nitrogens with one attached hydrogen (secondary N) is 1. The fourth-order valence-electron chi connectivity index (χ4n) is 1.24. The molecule has 1 amide bonds. The molecule has 0 fully saturated rings. The van der Waals surface area contributed by atoms with Gasteiger partial charge in [0, 0.05) is 17.5 Å². The van der Waals surface area contributed by atoms with E-state index in [0.717, 1.165) is 10.6 Å². The van der Waals surface area contributed by atoms with Crippen molar-refractivity contribution >= 4 is 29.3 Å².